The maximum Gasteiger partial charge on any atom is 0.261 e. The van der Waals surface area contributed by atoms with Crippen molar-refractivity contribution >= 4 is 35.1 Å². The van der Waals surface area contributed by atoms with Gasteiger partial charge >= 0.3 is 0 Å². The molecule has 1 aliphatic carbocycles. The Morgan fingerprint density at radius 2 is 1.95 bits per heavy atom. The zero-order valence-corrected chi connectivity index (χ0v) is 21.3. The van der Waals surface area contributed by atoms with Crippen LogP contribution in [-0.2, 0) is 17.3 Å². The van der Waals surface area contributed by atoms with Crippen molar-refractivity contribution < 1.29 is 22.8 Å². The number of benzene rings is 1. The second-order valence-corrected chi connectivity index (χ2v) is 10.8. The fourth-order valence-electron chi connectivity index (χ4n) is 5.37. The largest absolute Gasteiger partial charge is 0.361 e. The predicted octanol–water partition coefficient (Wildman–Crippen LogP) is 3.69. The van der Waals surface area contributed by atoms with Crippen molar-refractivity contribution in [1.82, 2.24) is 19.4 Å². The number of pyridine rings is 1. The quantitative estimate of drug-likeness (QED) is 0.530. The summed E-state index contributed by atoms with van der Waals surface area (Å²) in [6.07, 6.45) is 3.62. The molecule has 2 fully saturated rings. The SMILES string of the molecule is Cn1cnc(N2C[C@](C)(c3cccc(Cl)c3F)c3c(cnc(NC4CN(C(=O)[C@@H]5C[C@@H]5F)C4)c3F)C2=O)c1. The molecular formula is C26H24ClF3N6O2. The second-order valence-electron chi connectivity index (χ2n) is 10.4. The van der Waals surface area contributed by atoms with Crippen LogP contribution in [0.1, 0.15) is 34.8 Å². The molecule has 198 valence electrons. The Hall–Kier alpha value is -3.60. The van der Waals surface area contributed by atoms with Gasteiger partial charge in [0.05, 0.1) is 28.9 Å². The first kappa shape index (κ1) is 24.7. The van der Waals surface area contributed by atoms with Crippen molar-refractivity contribution in [2.75, 3.05) is 29.9 Å². The first-order chi connectivity index (χ1) is 18.1. The highest BCUT2D eigenvalue weighted by molar-refractivity contribution is 6.30. The molecule has 0 bridgehead atoms. The number of carbonyl (C=O) groups is 2. The lowest BCUT2D eigenvalue weighted by Crippen LogP contribution is -2.58. The van der Waals surface area contributed by atoms with E-state index in [-0.39, 0.29) is 65.5 Å². The Morgan fingerprint density at radius 1 is 1.21 bits per heavy atom. The van der Waals surface area contributed by atoms with Crippen LogP contribution in [0, 0.1) is 17.6 Å². The number of halogens is 4. The molecule has 0 radical (unpaired) electrons. The Bertz CT molecular complexity index is 1480. The summed E-state index contributed by atoms with van der Waals surface area (Å²) in [6.45, 7) is 2.13. The first-order valence-electron chi connectivity index (χ1n) is 12.2. The molecule has 2 aromatic heterocycles. The standard InChI is InChI=1S/C26H24ClF3N6O2/c1-26(16-4-3-5-17(27)21(16)29)11-36(19-10-34(2)12-32-19)25(38)15-7-31-23(22(30)20(15)26)33-13-8-35(9-13)24(37)14-6-18(14)28/h3-5,7,10,12-14,18H,6,8-9,11H2,1-2H3,(H,31,33)/t14-,18+,26-/m1/s1. The monoisotopic (exact) mass is 544 g/mol. The van der Waals surface area contributed by atoms with Crippen LogP contribution in [0.15, 0.2) is 36.9 Å². The number of likely N-dealkylation sites (tertiary alicyclic amines) is 1. The van der Waals surface area contributed by atoms with Crippen molar-refractivity contribution in [1.29, 1.82) is 0 Å². The van der Waals surface area contributed by atoms with Crippen molar-refractivity contribution in [2.45, 2.75) is 31.0 Å². The van der Waals surface area contributed by atoms with E-state index in [1.807, 2.05) is 0 Å². The molecule has 1 N–H and O–H groups in total. The van der Waals surface area contributed by atoms with E-state index in [9.17, 15) is 14.0 Å². The smallest absolute Gasteiger partial charge is 0.261 e. The molecule has 4 heterocycles. The minimum Gasteiger partial charge on any atom is -0.361 e. The van der Waals surface area contributed by atoms with Crippen LogP contribution < -0.4 is 10.2 Å². The number of anilines is 2. The summed E-state index contributed by atoms with van der Waals surface area (Å²) in [5.74, 6) is -2.58. The third-order valence-electron chi connectivity index (χ3n) is 7.60. The molecule has 0 spiro atoms. The number of hydrogen-bond acceptors (Lipinski definition) is 5. The van der Waals surface area contributed by atoms with Crippen LogP contribution >= 0.6 is 11.6 Å². The van der Waals surface area contributed by atoms with Gasteiger partial charge in [0.15, 0.2) is 17.5 Å². The molecular weight excluding hydrogens is 521 g/mol. The third-order valence-corrected chi connectivity index (χ3v) is 7.89. The number of rotatable bonds is 5. The number of nitrogens with one attached hydrogen (secondary N) is 1. The van der Waals surface area contributed by atoms with E-state index in [4.69, 9.17) is 11.6 Å². The summed E-state index contributed by atoms with van der Waals surface area (Å²) in [6, 6.07) is 4.21. The van der Waals surface area contributed by atoms with E-state index in [0.29, 0.717) is 5.82 Å². The van der Waals surface area contributed by atoms with Gasteiger partial charge in [-0.3, -0.25) is 14.5 Å². The van der Waals surface area contributed by atoms with Crippen LogP contribution in [-0.4, -0.2) is 63.1 Å². The summed E-state index contributed by atoms with van der Waals surface area (Å²) in [5.41, 5.74) is -1.23. The van der Waals surface area contributed by atoms with Gasteiger partial charge < -0.3 is 14.8 Å². The zero-order valence-electron chi connectivity index (χ0n) is 20.6. The lowest BCUT2D eigenvalue weighted by Gasteiger charge is -2.42. The molecule has 3 aromatic rings. The van der Waals surface area contributed by atoms with Crippen LogP contribution in [0.5, 0.6) is 0 Å². The Balaban J connectivity index is 1.38. The number of aromatic nitrogens is 3. The fourth-order valence-corrected chi connectivity index (χ4v) is 5.55. The summed E-state index contributed by atoms with van der Waals surface area (Å²) in [5, 5.41) is 2.87. The summed E-state index contributed by atoms with van der Waals surface area (Å²) in [4.78, 5) is 37.1. The first-order valence-corrected chi connectivity index (χ1v) is 12.6. The molecule has 1 aromatic carbocycles. The van der Waals surface area contributed by atoms with E-state index < -0.39 is 35.0 Å². The van der Waals surface area contributed by atoms with E-state index in [1.54, 1.807) is 30.8 Å². The molecule has 1 saturated heterocycles. The number of imidazole rings is 1. The fraction of sp³-hybridized carbons (Fsp3) is 0.385. The van der Waals surface area contributed by atoms with Crippen molar-refractivity contribution in [2.24, 2.45) is 13.0 Å². The van der Waals surface area contributed by atoms with Crippen molar-refractivity contribution in [3.05, 3.63) is 70.3 Å². The minimum absolute atomic E-state index is 0.00106. The van der Waals surface area contributed by atoms with E-state index in [0.717, 1.165) is 0 Å². The maximum absolute atomic E-state index is 16.2. The van der Waals surface area contributed by atoms with Crippen molar-refractivity contribution in [3.8, 4) is 0 Å². The van der Waals surface area contributed by atoms with Gasteiger partial charge in [0.1, 0.15) is 12.0 Å². The maximum atomic E-state index is 16.2. The molecule has 8 nitrogen and oxygen atoms in total. The number of aryl methyl sites for hydroxylation is 1. The highest BCUT2D eigenvalue weighted by Gasteiger charge is 2.49. The molecule has 3 atom stereocenters. The van der Waals surface area contributed by atoms with Gasteiger partial charge in [0, 0.05) is 55.6 Å². The minimum atomic E-state index is -1.34. The summed E-state index contributed by atoms with van der Waals surface area (Å²) >= 11 is 6.10. The van der Waals surface area contributed by atoms with Gasteiger partial charge in [-0.1, -0.05) is 23.7 Å². The highest BCUT2D eigenvalue weighted by Crippen LogP contribution is 2.45. The summed E-state index contributed by atoms with van der Waals surface area (Å²) in [7, 11) is 1.75. The van der Waals surface area contributed by atoms with Gasteiger partial charge in [-0.15, -0.1) is 0 Å². The summed E-state index contributed by atoms with van der Waals surface area (Å²) < 4.78 is 46.6. The van der Waals surface area contributed by atoms with Gasteiger partial charge in [-0.05, 0) is 19.4 Å². The molecule has 0 unspecified atom stereocenters. The van der Waals surface area contributed by atoms with E-state index in [2.05, 4.69) is 15.3 Å². The van der Waals surface area contributed by atoms with Crippen LogP contribution in [0.25, 0.3) is 0 Å². The molecule has 1 saturated carbocycles. The van der Waals surface area contributed by atoms with Gasteiger partial charge in [-0.2, -0.15) is 0 Å². The van der Waals surface area contributed by atoms with E-state index in [1.165, 1.54) is 34.5 Å². The molecule has 2 amide bonds. The van der Waals surface area contributed by atoms with Crippen LogP contribution in [0.4, 0.5) is 24.8 Å². The average molecular weight is 545 g/mol. The topological polar surface area (TPSA) is 83.4 Å². The number of hydrogen-bond donors (Lipinski definition) is 1. The molecule has 12 heteroatoms. The van der Waals surface area contributed by atoms with E-state index >= 15 is 8.78 Å². The average Bonchev–Trinajstić information content (AvgIpc) is 3.44. The third kappa shape index (κ3) is 3.82. The van der Waals surface area contributed by atoms with Crippen LogP contribution in [0.3, 0.4) is 0 Å². The normalized spacial score (nSPS) is 24.7. The van der Waals surface area contributed by atoms with Gasteiger partial charge in [0.2, 0.25) is 5.91 Å². The molecule has 38 heavy (non-hydrogen) atoms. The second kappa shape index (κ2) is 8.72. The number of carbonyl (C=O) groups excluding carboxylic acids is 2. The number of alkyl halides is 1. The lowest BCUT2D eigenvalue weighted by molar-refractivity contribution is -0.136. The predicted molar refractivity (Wildman–Crippen MR) is 134 cm³/mol. The Morgan fingerprint density at radius 3 is 2.61 bits per heavy atom. The van der Waals surface area contributed by atoms with Crippen molar-refractivity contribution in [3.63, 3.8) is 0 Å². The zero-order chi connectivity index (χ0) is 26.9. The van der Waals surface area contributed by atoms with Crippen LogP contribution in [0.2, 0.25) is 5.02 Å². The Kier molecular flexibility index (Phi) is 5.67. The highest BCUT2D eigenvalue weighted by atomic mass is 35.5. The lowest BCUT2D eigenvalue weighted by atomic mass is 9.71. The molecule has 6 rings (SSSR count). The Labute approximate surface area is 221 Å². The number of nitrogens with zero attached hydrogens (tertiary/aromatic N) is 5. The molecule has 2 aliphatic heterocycles. The number of amides is 2. The van der Waals surface area contributed by atoms with Gasteiger partial charge in [-0.25, -0.2) is 23.1 Å². The number of fused-ring (bicyclic) bond motifs is 1. The molecule has 3 aliphatic rings. The van der Waals surface area contributed by atoms with Gasteiger partial charge in [0.25, 0.3) is 5.91 Å².